The number of rotatable bonds is 8. The van der Waals surface area contributed by atoms with Gasteiger partial charge in [0.2, 0.25) is 0 Å². The Labute approximate surface area is 196 Å². The van der Waals surface area contributed by atoms with E-state index in [0.29, 0.717) is 35.3 Å². The monoisotopic (exact) mass is 485 g/mol. The molecule has 4 rings (SSSR count). The topological polar surface area (TPSA) is 142 Å². The van der Waals surface area contributed by atoms with E-state index in [1.165, 1.54) is 42.4 Å². The van der Waals surface area contributed by atoms with Gasteiger partial charge in [-0.05, 0) is 30.7 Å². The minimum Gasteiger partial charge on any atom is -0.495 e. The molecule has 1 aliphatic rings. The predicted molar refractivity (Wildman–Crippen MR) is 122 cm³/mol. The molecule has 0 atom stereocenters. The molecule has 11 nitrogen and oxygen atoms in total. The molecule has 0 aliphatic carbocycles. The van der Waals surface area contributed by atoms with Gasteiger partial charge in [0.15, 0.2) is 0 Å². The number of hydrogen-bond acceptors (Lipinski definition) is 8. The number of ether oxygens (including phenoxy) is 2. The first-order valence-corrected chi connectivity index (χ1v) is 12.0. The lowest BCUT2D eigenvalue weighted by Gasteiger charge is -2.17. The van der Waals surface area contributed by atoms with Gasteiger partial charge in [-0.25, -0.2) is 8.42 Å². The molecule has 0 unspecified atom stereocenters. The molecular formula is C22H23N5O6S. The van der Waals surface area contributed by atoms with Crippen molar-refractivity contribution in [2.45, 2.75) is 24.8 Å². The van der Waals surface area contributed by atoms with E-state index in [1.54, 1.807) is 19.2 Å². The van der Waals surface area contributed by atoms with E-state index in [0.717, 1.165) is 0 Å². The SMILES string of the molecule is CCOC(=O)Cn1cc(-c2ccc(OC)c(S(=O)(=O)Nc3cnc4c(c3)C(=O)NCC4)c2)cn1. The Morgan fingerprint density at radius 2 is 2.06 bits per heavy atom. The van der Waals surface area contributed by atoms with Crippen LogP contribution in [0.4, 0.5) is 5.69 Å². The fourth-order valence-corrected chi connectivity index (χ4v) is 4.78. The fraction of sp³-hybridized carbons (Fsp3) is 0.273. The van der Waals surface area contributed by atoms with Gasteiger partial charge in [-0.3, -0.25) is 24.0 Å². The number of methoxy groups -OCH3 is 1. The van der Waals surface area contributed by atoms with Gasteiger partial charge >= 0.3 is 5.97 Å². The predicted octanol–water partition coefficient (Wildman–Crippen LogP) is 1.60. The van der Waals surface area contributed by atoms with Crippen molar-refractivity contribution >= 4 is 27.6 Å². The highest BCUT2D eigenvalue weighted by molar-refractivity contribution is 7.92. The van der Waals surface area contributed by atoms with Crippen LogP contribution in [0.15, 0.2) is 47.8 Å². The van der Waals surface area contributed by atoms with Crippen LogP contribution in [0.2, 0.25) is 0 Å². The Balaban J connectivity index is 1.63. The third kappa shape index (κ3) is 4.86. The van der Waals surface area contributed by atoms with Crippen molar-refractivity contribution in [3.8, 4) is 16.9 Å². The van der Waals surface area contributed by atoms with E-state index < -0.39 is 16.0 Å². The largest absolute Gasteiger partial charge is 0.495 e. The summed E-state index contributed by atoms with van der Waals surface area (Å²) in [7, 11) is -2.73. The van der Waals surface area contributed by atoms with Gasteiger partial charge in [0, 0.05) is 24.7 Å². The van der Waals surface area contributed by atoms with Gasteiger partial charge in [0.1, 0.15) is 17.2 Å². The number of anilines is 1. The van der Waals surface area contributed by atoms with Crippen molar-refractivity contribution in [1.82, 2.24) is 20.1 Å². The van der Waals surface area contributed by atoms with Crippen molar-refractivity contribution in [2.24, 2.45) is 0 Å². The maximum absolute atomic E-state index is 13.2. The fourth-order valence-electron chi connectivity index (χ4n) is 3.55. The van der Waals surface area contributed by atoms with Crippen LogP contribution in [0.1, 0.15) is 23.0 Å². The third-order valence-corrected chi connectivity index (χ3v) is 6.53. The second-order valence-corrected chi connectivity index (χ2v) is 9.08. The molecule has 2 aromatic heterocycles. The van der Waals surface area contributed by atoms with Gasteiger partial charge in [-0.15, -0.1) is 0 Å². The second kappa shape index (κ2) is 9.51. The molecule has 3 heterocycles. The lowest BCUT2D eigenvalue weighted by Crippen LogP contribution is -2.32. The number of nitrogens with one attached hydrogen (secondary N) is 2. The summed E-state index contributed by atoms with van der Waals surface area (Å²) in [5.41, 5.74) is 2.27. The molecule has 0 fully saturated rings. The molecule has 0 saturated heterocycles. The van der Waals surface area contributed by atoms with Crippen molar-refractivity contribution in [3.63, 3.8) is 0 Å². The number of fused-ring (bicyclic) bond motifs is 1. The van der Waals surface area contributed by atoms with E-state index in [9.17, 15) is 18.0 Å². The van der Waals surface area contributed by atoms with Crippen LogP contribution in [0.25, 0.3) is 11.1 Å². The van der Waals surface area contributed by atoms with E-state index in [1.807, 2.05) is 0 Å². The molecule has 3 aromatic rings. The first-order valence-electron chi connectivity index (χ1n) is 10.5. The molecule has 1 amide bonds. The number of pyridine rings is 1. The van der Waals surface area contributed by atoms with Gasteiger partial charge in [-0.1, -0.05) is 6.07 Å². The highest BCUT2D eigenvalue weighted by Crippen LogP contribution is 2.31. The molecule has 0 spiro atoms. The van der Waals surface area contributed by atoms with Gasteiger partial charge in [0.25, 0.3) is 15.9 Å². The average molecular weight is 486 g/mol. The summed E-state index contributed by atoms with van der Waals surface area (Å²) in [6.45, 7) is 2.42. The molecule has 12 heteroatoms. The minimum absolute atomic E-state index is 0.0599. The van der Waals surface area contributed by atoms with Crippen LogP contribution in [-0.4, -0.2) is 55.3 Å². The number of hydrogen-bond donors (Lipinski definition) is 2. The summed E-state index contributed by atoms with van der Waals surface area (Å²) < 4.78 is 40.5. The Hall–Kier alpha value is -3.93. The van der Waals surface area contributed by atoms with Crippen LogP contribution < -0.4 is 14.8 Å². The number of esters is 1. The summed E-state index contributed by atoms with van der Waals surface area (Å²) in [5, 5.41) is 6.85. The van der Waals surface area contributed by atoms with Crippen molar-refractivity contribution in [3.05, 3.63) is 54.1 Å². The van der Waals surface area contributed by atoms with E-state index in [2.05, 4.69) is 20.1 Å². The first-order chi connectivity index (χ1) is 16.3. The summed E-state index contributed by atoms with van der Waals surface area (Å²) in [5.74, 6) is -0.584. The third-order valence-electron chi connectivity index (χ3n) is 5.13. The number of nitrogens with zero attached hydrogens (tertiary/aromatic N) is 3. The Kier molecular flexibility index (Phi) is 6.50. The lowest BCUT2D eigenvalue weighted by atomic mass is 10.1. The highest BCUT2D eigenvalue weighted by Gasteiger charge is 2.24. The zero-order valence-corrected chi connectivity index (χ0v) is 19.4. The van der Waals surface area contributed by atoms with E-state index in [4.69, 9.17) is 9.47 Å². The molecule has 34 heavy (non-hydrogen) atoms. The molecular weight excluding hydrogens is 462 g/mol. The Morgan fingerprint density at radius 3 is 2.82 bits per heavy atom. The number of aromatic nitrogens is 3. The van der Waals surface area contributed by atoms with E-state index >= 15 is 0 Å². The maximum atomic E-state index is 13.2. The van der Waals surface area contributed by atoms with Crippen LogP contribution >= 0.6 is 0 Å². The maximum Gasteiger partial charge on any atom is 0.327 e. The molecule has 2 N–H and O–H groups in total. The highest BCUT2D eigenvalue weighted by atomic mass is 32.2. The minimum atomic E-state index is -4.10. The summed E-state index contributed by atoms with van der Waals surface area (Å²) >= 11 is 0. The normalized spacial score (nSPS) is 13.1. The second-order valence-electron chi connectivity index (χ2n) is 7.43. The number of carbonyl (C=O) groups is 2. The number of amides is 1. The zero-order chi connectivity index (χ0) is 24.3. The molecule has 1 aliphatic heterocycles. The Bertz CT molecular complexity index is 1350. The standard InChI is InChI=1S/C22H23N5O6S/c1-3-33-21(28)13-27-12-15(10-25-27)14-4-5-19(32-2)20(8-14)34(30,31)26-16-9-17-18(24-11-16)6-7-23-22(17)29/h4-5,8-12,26H,3,6-7,13H2,1-2H3,(H,23,29). The molecule has 0 saturated carbocycles. The first kappa shape index (κ1) is 23.2. The average Bonchev–Trinajstić information content (AvgIpc) is 3.27. The zero-order valence-electron chi connectivity index (χ0n) is 18.6. The number of benzene rings is 1. The number of sulfonamides is 1. The molecule has 0 radical (unpaired) electrons. The van der Waals surface area contributed by atoms with Crippen LogP contribution in [-0.2, 0) is 32.5 Å². The lowest BCUT2D eigenvalue weighted by molar-refractivity contribution is -0.144. The van der Waals surface area contributed by atoms with Gasteiger partial charge in [-0.2, -0.15) is 5.10 Å². The molecule has 0 bridgehead atoms. The smallest absolute Gasteiger partial charge is 0.327 e. The van der Waals surface area contributed by atoms with Crippen LogP contribution in [0.3, 0.4) is 0 Å². The van der Waals surface area contributed by atoms with Crippen molar-refractivity contribution in [1.29, 1.82) is 0 Å². The van der Waals surface area contributed by atoms with Crippen LogP contribution in [0, 0.1) is 0 Å². The van der Waals surface area contributed by atoms with Crippen molar-refractivity contribution < 1.29 is 27.5 Å². The van der Waals surface area contributed by atoms with Crippen LogP contribution in [0.5, 0.6) is 5.75 Å². The number of carbonyl (C=O) groups excluding carboxylic acids is 2. The summed E-state index contributed by atoms with van der Waals surface area (Å²) in [6.07, 6.45) is 5.10. The van der Waals surface area contributed by atoms with Gasteiger partial charge < -0.3 is 14.8 Å². The summed E-state index contributed by atoms with van der Waals surface area (Å²) in [6, 6.07) is 6.13. The molecule has 178 valence electrons. The summed E-state index contributed by atoms with van der Waals surface area (Å²) in [4.78, 5) is 27.9. The Morgan fingerprint density at radius 1 is 1.24 bits per heavy atom. The quantitative estimate of drug-likeness (QED) is 0.458. The van der Waals surface area contributed by atoms with E-state index in [-0.39, 0.29) is 35.4 Å². The van der Waals surface area contributed by atoms with Crippen molar-refractivity contribution in [2.75, 3.05) is 25.0 Å². The van der Waals surface area contributed by atoms with Gasteiger partial charge in [0.05, 0.1) is 43.1 Å². The molecule has 1 aromatic carbocycles.